The van der Waals surface area contributed by atoms with E-state index in [1.807, 2.05) is 18.2 Å². The van der Waals surface area contributed by atoms with Crippen LogP contribution in [-0.4, -0.2) is 5.97 Å². The van der Waals surface area contributed by atoms with Crippen molar-refractivity contribution < 1.29 is 9.63 Å². The van der Waals surface area contributed by atoms with Crippen LogP contribution in [-0.2, 0) is 9.63 Å². The number of carbonyl (C=O) groups is 1. The van der Waals surface area contributed by atoms with E-state index >= 15 is 0 Å². The van der Waals surface area contributed by atoms with Gasteiger partial charge in [-0.15, -0.1) is 12.3 Å². The van der Waals surface area contributed by atoms with E-state index in [1.165, 1.54) is 0 Å². The monoisotopic (exact) mass is 270 g/mol. The van der Waals surface area contributed by atoms with Gasteiger partial charge in [0.15, 0.2) is 0 Å². The molecule has 0 amide bonds. The van der Waals surface area contributed by atoms with Crippen LogP contribution >= 0.6 is 0 Å². The topological polar surface area (TPSA) is 30.7 Å². The molecule has 0 spiro atoms. The minimum atomic E-state index is -0.329. The third-order valence-corrected chi connectivity index (χ3v) is 2.16. The van der Waals surface area contributed by atoms with Crippen molar-refractivity contribution in [3.8, 4) is 30.3 Å². The van der Waals surface area contributed by atoms with E-state index in [2.05, 4.69) is 33.7 Å². The Bertz CT molecular complexity index is 487. The summed E-state index contributed by atoms with van der Waals surface area (Å²) < 4.78 is 0. The second kappa shape index (κ2) is 14.6. The van der Waals surface area contributed by atoms with E-state index in [1.54, 1.807) is 13.0 Å². The van der Waals surface area contributed by atoms with Gasteiger partial charge in [0.25, 0.3) is 0 Å². The van der Waals surface area contributed by atoms with Gasteiger partial charge in [0.1, 0.15) is 0 Å². The fourth-order valence-electron chi connectivity index (χ4n) is 1.20. The van der Waals surface area contributed by atoms with Crippen molar-refractivity contribution in [2.24, 2.45) is 0 Å². The molecule has 0 radical (unpaired) electrons. The maximum atomic E-state index is 11.1. The van der Waals surface area contributed by atoms with Gasteiger partial charge in [0, 0.05) is 12.8 Å². The molecule has 0 heterocycles. The smallest absolute Gasteiger partial charge is 0.243 e. The van der Waals surface area contributed by atoms with Crippen LogP contribution in [0.25, 0.3) is 5.01 Å². The minimum absolute atomic E-state index is 0.329. The van der Waals surface area contributed by atoms with E-state index < -0.39 is 0 Å². The summed E-state index contributed by atoms with van der Waals surface area (Å²) in [6, 6.07) is 2.38. The first-order valence-corrected chi connectivity index (χ1v) is 6.61. The summed E-state index contributed by atoms with van der Waals surface area (Å²) in [6.07, 6.45) is 17.2. The number of allylic oxidation sites excluding steroid dienone is 4. The van der Waals surface area contributed by atoms with Gasteiger partial charge >= 0.3 is 12.0 Å². The highest BCUT2D eigenvalue weighted by Crippen LogP contribution is 2.00. The van der Waals surface area contributed by atoms with Crippen molar-refractivity contribution in [3.63, 3.8) is 0 Å². The molecule has 0 aliphatic heterocycles. The molecule has 0 fully saturated rings. The third-order valence-electron chi connectivity index (χ3n) is 2.16. The highest BCUT2D eigenvalue weighted by molar-refractivity contribution is 5.69. The molecule has 0 unspecified atom stereocenters. The van der Waals surface area contributed by atoms with Gasteiger partial charge in [-0.2, -0.15) is 0 Å². The molecule has 3 heteroatoms. The molecule has 0 aromatic rings. The molecule has 0 atom stereocenters. The van der Waals surface area contributed by atoms with Gasteiger partial charge in [-0.25, -0.2) is 4.79 Å². The molecule has 0 rings (SSSR count). The molecule has 0 saturated heterocycles. The van der Waals surface area contributed by atoms with Crippen molar-refractivity contribution in [1.29, 1.82) is 0 Å². The average Bonchev–Trinajstić information content (AvgIpc) is 2.46. The van der Waals surface area contributed by atoms with Crippen molar-refractivity contribution in [2.75, 3.05) is 0 Å². The highest BCUT2D eigenvalue weighted by atomic mass is 16.7. The Morgan fingerprint density at radius 1 is 1.30 bits per heavy atom. The van der Waals surface area contributed by atoms with Gasteiger partial charge in [-0.3, -0.25) is 0 Å². The number of hydrogen-bond acceptors (Lipinski definition) is 2. The lowest BCUT2D eigenvalue weighted by Crippen LogP contribution is -1.97. The molecule has 0 aromatic heterocycles. The van der Waals surface area contributed by atoms with Crippen LogP contribution in [0.1, 0.15) is 45.4 Å². The predicted molar refractivity (Wildman–Crippen MR) is 81.6 cm³/mol. The van der Waals surface area contributed by atoms with Crippen molar-refractivity contribution in [1.82, 2.24) is 0 Å². The zero-order valence-electron chi connectivity index (χ0n) is 11.9. The van der Waals surface area contributed by atoms with Crippen molar-refractivity contribution in [2.45, 2.75) is 45.4 Å². The summed E-state index contributed by atoms with van der Waals surface area (Å²) in [6.45, 7) is 1.57. The fraction of sp³-hybridized carbons (Fsp3) is 0.412. The largest absolute Gasteiger partial charge is 0.399 e. The summed E-state index contributed by atoms with van der Waals surface area (Å²) in [7, 11) is 0. The first-order chi connectivity index (χ1) is 9.81. The van der Waals surface area contributed by atoms with Gasteiger partial charge < -0.3 is 0 Å². The summed E-state index contributed by atoms with van der Waals surface area (Å²) >= 11 is 0. The second-order valence-corrected chi connectivity index (χ2v) is 3.84. The quantitative estimate of drug-likeness (QED) is 0.304. The Labute approximate surface area is 121 Å². The summed E-state index contributed by atoms with van der Waals surface area (Å²) in [4.78, 5) is 15.6. The lowest BCUT2D eigenvalue weighted by atomic mass is 10.2. The molecule has 3 nitrogen and oxygen atoms in total. The van der Waals surface area contributed by atoms with Crippen LogP contribution in [0.2, 0.25) is 0 Å². The molecule has 0 aliphatic carbocycles. The number of unbranched alkanes of at least 4 members (excludes halogenated alkanes) is 3. The molecular formula is C17H20NO2+. The Kier molecular flexibility index (Phi) is 12.8. The predicted octanol–water partition coefficient (Wildman–Crippen LogP) is 3.89. The van der Waals surface area contributed by atoms with E-state index in [9.17, 15) is 4.79 Å². The number of nitrogens with zero attached hydrogens (tertiary/aromatic N) is 1. The maximum Gasteiger partial charge on any atom is 0.399 e. The molecule has 20 heavy (non-hydrogen) atoms. The van der Waals surface area contributed by atoms with Crippen molar-refractivity contribution in [3.05, 3.63) is 29.3 Å². The molecule has 0 saturated carbocycles. The Hall–Kier alpha value is -2.44. The standard InChI is InChI=1S/C17H20NO2/c1-3-5-6-7-8-9-10-11-12-13-14-15-16-17(19)20-18-4-2/h1,7-10H,5-6,13-16H2,2H3/q+1. The van der Waals surface area contributed by atoms with Crippen LogP contribution in [0.15, 0.2) is 24.3 Å². The van der Waals surface area contributed by atoms with E-state index in [-0.39, 0.29) is 5.97 Å². The maximum absolute atomic E-state index is 11.1. The van der Waals surface area contributed by atoms with E-state index in [4.69, 9.17) is 6.42 Å². The highest BCUT2D eigenvalue weighted by Gasteiger charge is 2.06. The Morgan fingerprint density at radius 2 is 2.15 bits per heavy atom. The van der Waals surface area contributed by atoms with Gasteiger partial charge in [-0.05, 0) is 25.3 Å². The lowest BCUT2D eigenvalue weighted by Gasteiger charge is -1.89. The summed E-state index contributed by atoms with van der Waals surface area (Å²) in [5.41, 5.74) is 0. The zero-order valence-corrected chi connectivity index (χ0v) is 11.9. The first kappa shape index (κ1) is 17.6. The molecular weight excluding hydrogens is 250 g/mol. The second-order valence-electron chi connectivity index (χ2n) is 3.84. The Morgan fingerprint density at radius 3 is 2.90 bits per heavy atom. The number of terminal acetylenes is 1. The number of hydrogen-bond donors (Lipinski definition) is 0. The van der Waals surface area contributed by atoms with E-state index in [0.29, 0.717) is 6.42 Å². The average molecular weight is 270 g/mol. The zero-order chi connectivity index (χ0) is 14.9. The van der Waals surface area contributed by atoms with Crippen LogP contribution in [0.5, 0.6) is 0 Å². The van der Waals surface area contributed by atoms with Crippen LogP contribution in [0.3, 0.4) is 0 Å². The van der Waals surface area contributed by atoms with Gasteiger partial charge in [0.2, 0.25) is 5.01 Å². The Balaban J connectivity index is 3.56. The van der Waals surface area contributed by atoms with E-state index in [0.717, 1.165) is 32.1 Å². The minimum Gasteiger partial charge on any atom is -0.243 e. The van der Waals surface area contributed by atoms with Gasteiger partial charge in [-0.1, -0.05) is 34.9 Å². The van der Waals surface area contributed by atoms with Crippen LogP contribution < -0.4 is 0 Å². The SMILES string of the molecule is C#CCCC=CC=CC#CCCCCC(=O)O[N+]#CC. The van der Waals surface area contributed by atoms with Gasteiger partial charge in [0.05, 0.1) is 13.3 Å². The van der Waals surface area contributed by atoms with Crippen LogP contribution in [0, 0.1) is 30.3 Å². The first-order valence-electron chi connectivity index (χ1n) is 6.61. The third kappa shape index (κ3) is 13.6. The lowest BCUT2D eigenvalue weighted by molar-refractivity contribution is -0.138. The van der Waals surface area contributed by atoms with Crippen LogP contribution in [0.4, 0.5) is 0 Å². The molecule has 0 aliphatic rings. The molecule has 0 N–H and O–H groups in total. The normalized spacial score (nSPS) is 9.40. The molecule has 0 aromatic carbocycles. The number of carbonyl (C=O) groups excluding carboxylic acids is 1. The summed E-state index contributed by atoms with van der Waals surface area (Å²) in [5, 5.41) is 3.29. The fourth-order valence-corrected chi connectivity index (χ4v) is 1.20. The molecule has 0 bridgehead atoms. The number of rotatable bonds is 7. The summed E-state index contributed by atoms with van der Waals surface area (Å²) in [5.74, 6) is 8.19. The molecule has 104 valence electrons. The van der Waals surface area contributed by atoms with Crippen molar-refractivity contribution >= 4 is 5.97 Å².